The van der Waals surface area contributed by atoms with Gasteiger partial charge >= 0.3 is 0 Å². The number of anilines is 4. The van der Waals surface area contributed by atoms with E-state index >= 15 is 0 Å². The number of nitrogens with zero attached hydrogens (tertiary/aromatic N) is 10. The van der Waals surface area contributed by atoms with E-state index in [0.29, 0.717) is 29.3 Å². The summed E-state index contributed by atoms with van der Waals surface area (Å²) in [6, 6.07) is 49.8. The van der Waals surface area contributed by atoms with Crippen molar-refractivity contribution in [1.82, 2.24) is 43.8 Å². The van der Waals surface area contributed by atoms with Gasteiger partial charge in [0.25, 0.3) is 0 Å². The van der Waals surface area contributed by atoms with Crippen molar-refractivity contribution in [3.05, 3.63) is 169 Å². The van der Waals surface area contributed by atoms with Crippen molar-refractivity contribution in [3.8, 4) is 56.7 Å². The molecular weight excluding hydrogens is 1070 g/mol. The van der Waals surface area contributed by atoms with Gasteiger partial charge in [-0.1, -0.05) is 48.5 Å². The Kier molecular flexibility index (Phi) is 14.4. The Hall–Kier alpha value is -8.59. The number of nitrogens with two attached hydrogens (primary N) is 5. The predicted octanol–water partition coefficient (Wildman–Crippen LogP) is 9.58. The van der Waals surface area contributed by atoms with Gasteiger partial charge in [0.2, 0.25) is 10.0 Å². The van der Waals surface area contributed by atoms with Crippen LogP contribution in [0.25, 0.3) is 79.0 Å². The quantitative estimate of drug-likeness (QED) is 0.0665. The topological polar surface area (TPSA) is 270 Å². The summed E-state index contributed by atoms with van der Waals surface area (Å²) in [7, 11) is -3.22. The zero-order chi connectivity index (χ0) is 57.7. The summed E-state index contributed by atoms with van der Waals surface area (Å²) in [5.74, 6) is 2.22. The lowest BCUT2D eigenvalue weighted by atomic mass is 9.73. The number of hydrogen-bond donors (Lipinski definition) is 6. The van der Waals surface area contributed by atoms with E-state index in [2.05, 4.69) is 120 Å². The molecule has 6 aromatic heterocycles. The second-order valence-electron chi connectivity index (χ2n) is 23.2. The van der Waals surface area contributed by atoms with Crippen molar-refractivity contribution in [1.29, 1.82) is 0 Å². The van der Waals surface area contributed by atoms with Crippen LogP contribution in [-0.4, -0.2) is 92.0 Å². The molecule has 18 nitrogen and oxygen atoms in total. The number of piperidine rings is 2. The molecule has 0 bridgehead atoms. The molecule has 0 radical (unpaired) electrons. The predicted molar refractivity (Wildman–Crippen MR) is 336 cm³/mol. The molecule has 14 rings (SSSR count). The molecule has 4 fully saturated rings. The number of fused-ring (bicyclic) bond motifs is 2. The Morgan fingerprint density at radius 2 is 0.940 bits per heavy atom. The van der Waals surface area contributed by atoms with E-state index in [1.54, 1.807) is 12.4 Å². The zero-order valence-corrected chi connectivity index (χ0v) is 48.0. The number of pyridine rings is 4. The molecule has 2 saturated heterocycles. The number of hydrogen-bond acceptors (Lipinski definition) is 15. The van der Waals surface area contributed by atoms with Crippen molar-refractivity contribution >= 4 is 55.4 Å². The molecule has 4 aliphatic rings. The van der Waals surface area contributed by atoms with E-state index in [-0.39, 0.29) is 17.1 Å². The molecule has 2 aliphatic heterocycles. The summed E-state index contributed by atoms with van der Waals surface area (Å²) >= 11 is 0. The Morgan fingerprint density at radius 1 is 0.512 bits per heavy atom. The fourth-order valence-electron chi connectivity index (χ4n) is 12.3. The van der Waals surface area contributed by atoms with Crippen LogP contribution in [0.5, 0.6) is 0 Å². The molecule has 0 unspecified atom stereocenters. The Balaban J connectivity index is 0.000000157. The maximum Gasteiger partial charge on any atom is 0.208 e. The first kappa shape index (κ1) is 54.6. The average molecular weight is 1140 g/mol. The van der Waals surface area contributed by atoms with Gasteiger partial charge in [0, 0.05) is 95.6 Å². The first-order valence-electron chi connectivity index (χ1n) is 29.1. The van der Waals surface area contributed by atoms with E-state index in [1.807, 2.05) is 59.2 Å². The number of benzene rings is 4. The summed E-state index contributed by atoms with van der Waals surface area (Å²) in [5, 5.41) is 0. The lowest BCUT2D eigenvalue weighted by molar-refractivity contribution is 0.253. The van der Waals surface area contributed by atoms with Gasteiger partial charge in [-0.05, 0) is 172 Å². The van der Waals surface area contributed by atoms with Crippen molar-refractivity contribution in [2.75, 3.05) is 53.7 Å². The van der Waals surface area contributed by atoms with Crippen LogP contribution in [0.15, 0.2) is 158 Å². The maximum atomic E-state index is 11.7. The number of aromatic nitrogens is 8. The average Bonchev–Trinajstić information content (AvgIpc) is 4.18. The highest BCUT2D eigenvalue weighted by Crippen LogP contribution is 2.42. The maximum absolute atomic E-state index is 11.7. The third-order valence-electron chi connectivity index (χ3n) is 17.5. The van der Waals surface area contributed by atoms with Crippen molar-refractivity contribution in [2.24, 2.45) is 17.2 Å². The Labute approximate surface area is 489 Å². The third-order valence-corrected chi connectivity index (χ3v) is 18.3. The van der Waals surface area contributed by atoms with Gasteiger partial charge < -0.3 is 38.5 Å². The van der Waals surface area contributed by atoms with Crippen molar-refractivity contribution in [2.45, 2.75) is 87.4 Å². The molecule has 2 aliphatic carbocycles. The summed E-state index contributed by atoms with van der Waals surface area (Å²) in [6.45, 7) is 3.48. The van der Waals surface area contributed by atoms with Gasteiger partial charge in [-0.3, -0.25) is 9.13 Å². The van der Waals surface area contributed by atoms with Gasteiger partial charge in [0.15, 0.2) is 22.9 Å². The molecule has 2 saturated carbocycles. The summed E-state index contributed by atoms with van der Waals surface area (Å²) < 4.78 is 30.2. The lowest BCUT2D eigenvalue weighted by Crippen LogP contribution is -2.44. The molecule has 10 aromatic rings. The molecule has 8 heterocycles. The van der Waals surface area contributed by atoms with Crippen LogP contribution < -0.4 is 43.2 Å². The SMILES string of the molecule is CS(=O)(=O)NC1CCN(c2cccc(-c3ccc4nc(-c5cccnc5N)n(-c5ccc(C6(N)CCC6)cc5)c4n3)c2)CC1.Nc1ncccc1-c1nc2ccc(-c3cccc(N4CCC(N)CC4)c3)nc2n1-c1ccc(C2(N)CCC2)cc1. The van der Waals surface area contributed by atoms with E-state index in [9.17, 15) is 8.42 Å². The van der Waals surface area contributed by atoms with E-state index in [0.717, 1.165) is 163 Å². The van der Waals surface area contributed by atoms with Gasteiger partial charge in [-0.2, -0.15) is 0 Å². The van der Waals surface area contributed by atoms with Crippen LogP contribution in [0, 0.1) is 0 Å². The molecule has 0 atom stereocenters. The highest BCUT2D eigenvalue weighted by Gasteiger charge is 2.35. The van der Waals surface area contributed by atoms with Crippen LogP contribution in [0.4, 0.5) is 23.0 Å². The van der Waals surface area contributed by atoms with Crippen LogP contribution in [0.2, 0.25) is 0 Å². The molecule has 428 valence electrons. The standard InChI is InChI=1S/C33H36N8O2S.C32H34N8/c1-44(42,43)39-24-14-19-40(20-15-24)26-6-2-5-22(21-26)28-12-13-29-32(37-28)41(31(38-29)27-7-3-18-36-30(27)34)25-10-8-23(9-11-25)33(35)16-4-17-33;33-23-13-18-39(19-14-23)25-5-1-4-21(20-25)27-11-12-28-31(37-27)40(30(38-28)26-6-2-17-36-29(26)34)24-9-7-22(8-10-24)32(35)15-3-16-32/h2-3,5-13,18,21,24,39H,4,14-17,19-20,35H2,1H3,(H2,34,36);1-2,4-12,17,20,23H,3,13-16,18-19,33,35H2,(H2,34,36). The van der Waals surface area contributed by atoms with Crippen LogP contribution in [-0.2, 0) is 21.1 Å². The van der Waals surface area contributed by atoms with Crippen LogP contribution >= 0.6 is 0 Å². The van der Waals surface area contributed by atoms with E-state index in [4.69, 9.17) is 48.6 Å². The minimum absolute atomic E-state index is 0.0324. The Morgan fingerprint density at radius 3 is 1.33 bits per heavy atom. The fraction of sp³-hybridized carbons (Fsp3) is 0.292. The Bertz CT molecular complexity index is 4160. The van der Waals surface area contributed by atoms with Crippen LogP contribution in [0.1, 0.15) is 75.3 Å². The van der Waals surface area contributed by atoms with Gasteiger partial charge in [0.05, 0.1) is 28.8 Å². The molecule has 11 N–H and O–H groups in total. The molecular formula is C65H70N16O2S. The largest absolute Gasteiger partial charge is 0.383 e. The first-order chi connectivity index (χ1) is 40.6. The second-order valence-corrected chi connectivity index (χ2v) is 25.0. The van der Waals surface area contributed by atoms with Crippen molar-refractivity contribution < 1.29 is 8.42 Å². The van der Waals surface area contributed by atoms with Gasteiger partial charge in [-0.25, -0.2) is 43.0 Å². The lowest BCUT2D eigenvalue weighted by Gasteiger charge is -2.38. The van der Waals surface area contributed by atoms with E-state index < -0.39 is 10.0 Å². The van der Waals surface area contributed by atoms with E-state index in [1.165, 1.54) is 23.9 Å². The summed E-state index contributed by atoms with van der Waals surface area (Å²) in [4.78, 5) is 33.6. The molecule has 0 amide bonds. The van der Waals surface area contributed by atoms with Gasteiger partial charge in [-0.15, -0.1) is 0 Å². The van der Waals surface area contributed by atoms with Crippen molar-refractivity contribution in [3.63, 3.8) is 0 Å². The molecule has 84 heavy (non-hydrogen) atoms. The third kappa shape index (κ3) is 10.8. The smallest absolute Gasteiger partial charge is 0.208 e. The number of rotatable bonds is 12. The summed E-state index contributed by atoms with van der Waals surface area (Å²) in [6.07, 6.45) is 14.5. The highest BCUT2D eigenvalue weighted by molar-refractivity contribution is 7.88. The summed E-state index contributed by atoms with van der Waals surface area (Å²) in [5.41, 5.74) is 46.3. The van der Waals surface area contributed by atoms with Gasteiger partial charge in [0.1, 0.15) is 22.7 Å². The minimum atomic E-state index is -3.22. The first-order valence-corrected chi connectivity index (χ1v) is 31.0. The normalized spacial score (nSPS) is 17.1. The number of nitrogens with one attached hydrogen (secondary N) is 1. The zero-order valence-electron chi connectivity index (χ0n) is 47.1. The second kappa shape index (κ2) is 22.2. The minimum Gasteiger partial charge on any atom is -0.383 e. The molecule has 0 spiro atoms. The molecule has 4 aromatic carbocycles. The number of imidazole rings is 2. The monoisotopic (exact) mass is 1140 g/mol. The number of sulfonamides is 1. The number of nitrogen functional groups attached to an aromatic ring is 2. The van der Waals surface area contributed by atoms with Crippen LogP contribution in [0.3, 0.4) is 0 Å². The molecule has 19 heteroatoms. The highest BCUT2D eigenvalue weighted by atomic mass is 32.2. The fourth-order valence-corrected chi connectivity index (χ4v) is 13.2.